The van der Waals surface area contributed by atoms with Crippen LogP contribution in [0.3, 0.4) is 0 Å². The van der Waals surface area contributed by atoms with Gasteiger partial charge in [0.25, 0.3) is 0 Å². The zero-order valence-electron chi connectivity index (χ0n) is 12.9. The fourth-order valence-electron chi connectivity index (χ4n) is 2.94. The van der Waals surface area contributed by atoms with E-state index in [1.807, 2.05) is 0 Å². The fraction of sp³-hybridized carbons (Fsp3) is 0.533. The number of tetrazole rings is 1. The Kier molecular flexibility index (Phi) is 4.81. The number of nitrogens with zero attached hydrogens (tertiary/aromatic N) is 5. The van der Waals surface area contributed by atoms with Crippen LogP contribution in [0, 0.1) is 5.92 Å². The van der Waals surface area contributed by atoms with E-state index in [9.17, 15) is 18.3 Å². The van der Waals surface area contributed by atoms with E-state index >= 15 is 0 Å². The summed E-state index contributed by atoms with van der Waals surface area (Å²) in [5, 5.41) is 20.8. The number of rotatable bonds is 4. The largest absolute Gasteiger partial charge is 0.416 e. The van der Waals surface area contributed by atoms with Crippen LogP contribution in [0.1, 0.15) is 24.2 Å². The number of likely N-dealkylation sites (tertiary alicyclic amines) is 1. The van der Waals surface area contributed by atoms with Crippen LogP contribution in [0.15, 0.2) is 24.3 Å². The number of hydrogen-bond donors (Lipinski definition) is 1. The standard InChI is InChI=1S/C15H18F3N5O/c16-15(17,18)12-3-5-13(6-4-12)23-14(19-20-21-23)9-22-7-1-2-11(8-22)10-24/h3-6,11,24H,1-2,7-10H2. The lowest BCUT2D eigenvalue weighted by atomic mass is 9.99. The first-order chi connectivity index (χ1) is 11.5. The van der Waals surface area contributed by atoms with Gasteiger partial charge in [0.15, 0.2) is 5.82 Å². The Morgan fingerprint density at radius 1 is 1.21 bits per heavy atom. The minimum atomic E-state index is -4.37. The molecule has 1 aliphatic rings. The Labute approximate surface area is 136 Å². The number of aliphatic hydroxyl groups is 1. The van der Waals surface area contributed by atoms with Crippen LogP contribution in [0.2, 0.25) is 0 Å². The molecule has 0 spiro atoms. The highest BCUT2D eigenvalue weighted by Crippen LogP contribution is 2.29. The third-order valence-electron chi connectivity index (χ3n) is 4.20. The van der Waals surface area contributed by atoms with Crippen molar-refractivity contribution in [1.82, 2.24) is 25.1 Å². The van der Waals surface area contributed by atoms with Gasteiger partial charge < -0.3 is 5.11 Å². The molecule has 1 atom stereocenters. The van der Waals surface area contributed by atoms with Crippen molar-refractivity contribution in [3.63, 3.8) is 0 Å². The van der Waals surface area contributed by atoms with E-state index in [-0.39, 0.29) is 12.5 Å². The van der Waals surface area contributed by atoms with E-state index in [1.54, 1.807) is 0 Å². The lowest BCUT2D eigenvalue weighted by Gasteiger charge is -2.31. The monoisotopic (exact) mass is 341 g/mol. The summed E-state index contributed by atoms with van der Waals surface area (Å²) in [6, 6.07) is 4.75. The molecule has 9 heteroatoms. The van der Waals surface area contributed by atoms with Crippen molar-refractivity contribution in [2.45, 2.75) is 25.6 Å². The van der Waals surface area contributed by atoms with Crippen molar-refractivity contribution < 1.29 is 18.3 Å². The summed E-state index contributed by atoms with van der Waals surface area (Å²) >= 11 is 0. The van der Waals surface area contributed by atoms with E-state index in [1.165, 1.54) is 16.8 Å². The number of aromatic nitrogens is 4. The van der Waals surface area contributed by atoms with Gasteiger partial charge in [0.2, 0.25) is 0 Å². The van der Waals surface area contributed by atoms with E-state index in [2.05, 4.69) is 20.4 Å². The zero-order chi connectivity index (χ0) is 17.2. The molecular formula is C15H18F3N5O. The lowest BCUT2D eigenvalue weighted by molar-refractivity contribution is -0.137. The van der Waals surface area contributed by atoms with Crippen molar-refractivity contribution in [3.8, 4) is 5.69 Å². The van der Waals surface area contributed by atoms with Crippen LogP contribution in [0.25, 0.3) is 5.69 Å². The molecule has 130 valence electrons. The molecule has 1 fully saturated rings. The SMILES string of the molecule is OCC1CCCN(Cc2nnnn2-c2ccc(C(F)(F)F)cc2)C1. The fourth-order valence-corrected chi connectivity index (χ4v) is 2.94. The van der Waals surface area contributed by atoms with Crippen LogP contribution < -0.4 is 0 Å². The second-order valence-electron chi connectivity index (χ2n) is 5.98. The molecule has 2 heterocycles. The average molecular weight is 341 g/mol. The molecule has 3 rings (SSSR count). The predicted octanol–water partition coefficient (Wildman–Crippen LogP) is 1.89. The first-order valence-electron chi connectivity index (χ1n) is 7.75. The maximum Gasteiger partial charge on any atom is 0.416 e. The molecule has 1 aliphatic heterocycles. The predicted molar refractivity (Wildman–Crippen MR) is 79.2 cm³/mol. The summed E-state index contributed by atoms with van der Waals surface area (Å²) in [6.45, 7) is 2.29. The minimum absolute atomic E-state index is 0.153. The van der Waals surface area contributed by atoms with Crippen LogP contribution in [-0.2, 0) is 12.7 Å². The van der Waals surface area contributed by atoms with Crippen molar-refractivity contribution in [2.24, 2.45) is 5.92 Å². The molecule has 1 N–H and O–H groups in total. The second-order valence-corrected chi connectivity index (χ2v) is 5.98. The van der Waals surface area contributed by atoms with Crippen LogP contribution in [0.4, 0.5) is 13.2 Å². The first-order valence-corrected chi connectivity index (χ1v) is 7.75. The third-order valence-corrected chi connectivity index (χ3v) is 4.20. The summed E-state index contributed by atoms with van der Waals surface area (Å²) in [7, 11) is 0. The minimum Gasteiger partial charge on any atom is -0.396 e. The molecule has 0 bridgehead atoms. The second kappa shape index (κ2) is 6.86. The molecule has 1 unspecified atom stereocenters. The van der Waals surface area contributed by atoms with Gasteiger partial charge in [-0.1, -0.05) is 0 Å². The van der Waals surface area contributed by atoms with Crippen LogP contribution >= 0.6 is 0 Å². The van der Waals surface area contributed by atoms with Gasteiger partial charge in [-0.05, 0) is 60.0 Å². The van der Waals surface area contributed by atoms with Crippen molar-refractivity contribution in [1.29, 1.82) is 0 Å². The molecule has 1 aromatic heterocycles. The Bertz CT molecular complexity index is 670. The topological polar surface area (TPSA) is 67.1 Å². The molecule has 1 saturated heterocycles. The highest BCUT2D eigenvalue weighted by molar-refractivity contribution is 5.35. The molecule has 0 radical (unpaired) electrons. The molecule has 0 amide bonds. The maximum atomic E-state index is 12.6. The Morgan fingerprint density at radius 2 is 1.96 bits per heavy atom. The molecule has 6 nitrogen and oxygen atoms in total. The van der Waals surface area contributed by atoms with Crippen LogP contribution in [0.5, 0.6) is 0 Å². The van der Waals surface area contributed by atoms with Crippen molar-refractivity contribution in [3.05, 3.63) is 35.7 Å². The summed E-state index contributed by atoms with van der Waals surface area (Å²) < 4.78 is 39.4. The number of benzene rings is 1. The summed E-state index contributed by atoms with van der Waals surface area (Å²) in [5.74, 6) is 0.808. The Morgan fingerprint density at radius 3 is 2.62 bits per heavy atom. The molecular weight excluding hydrogens is 323 g/mol. The Balaban J connectivity index is 1.75. The number of aliphatic hydroxyl groups excluding tert-OH is 1. The van der Waals surface area contributed by atoms with E-state index in [0.717, 1.165) is 38.1 Å². The highest BCUT2D eigenvalue weighted by atomic mass is 19.4. The number of hydrogen-bond acceptors (Lipinski definition) is 5. The van der Waals surface area contributed by atoms with Gasteiger partial charge in [0.05, 0.1) is 17.8 Å². The number of piperidine rings is 1. The summed E-state index contributed by atoms with van der Waals surface area (Å²) in [4.78, 5) is 2.15. The van der Waals surface area contributed by atoms with Gasteiger partial charge in [0.1, 0.15) is 0 Å². The average Bonchev–Trinajstić information content (AvgIpc) is 3.02. The quantitative estimate of drug-likeness (QED) is 0.920. The summed E-state index contributed by atoms with van der Waals surface area (Å²) in [5.41, 5.74) is -0.221. The molecule has 1 aromatic carbocycles. The lowest BCUT2D eigenvalue weighted by Crippen LogP contribution is -2.37. The molecule has 2 aromatic rings. The molecule has 24 heavy (non-hydrogen) atoms. The van der Waals surface area contributed by atoms with E-state index < -0.39 is 11.7 Å². The van der Waals surface area contributed by atoms with Gasteiger partial charge in [0, 0.05) is 13.2 Å². The van der Waals surface area contributed by atoms with Gasteiger partial charge in [-0.15, -0.1) is 5.10 Å². The van der Waals surface area contributed by atoms with Crippen molar-refractivity contribution in [2.75, 3.05) is 19.7 Å². The summed E-state index contributed by atoms with van der Waals surface area (Å²) in [6.07, 6.45) is -2.38. The van der Waals surface area contributed by atoms with Gasteiger partial charge in [-0.2, -0.15) is 17.9 Å². The normalized spacial score (nSPS) is 19.6. The van der Waals surface area contributed by atoms with E-state index in [4.69, 9.17) is 0 Å². The van der Waals surface area contributed by atoms with Crippen LogP contribution in [-0.4, -0.2) is 49.9 Å². The molecule has 0 saturated carbocycles. The maximum absolute atomic E-state index is 12.6. The molecule has 0 aliphatic carbocycles. The van der Waals surface area contributed by atoms with Gasteiger partial charge in [-0.3, -0.25) is 4.90 Å². The third kappa shape index (κ3) is 3.73. The number of alkyl halides is 3. The van der Waals surface area contributed by atoms with E-state index in [0.29, 0.717) is 18.1 Å². The van der Waals surface area contributed by atoms with Gasteiger partial charge >= 0.3 is 6.18 Å². The first kappa shape index (κ1) is 16.8. The zero-order valence-corrected chi connectivity index (χ0v) is 12.9. The smallest absolute Gasteiger partial charge is 0.396 e. The van der Waals surface area contributed by atoms with Crippen molar-refractivity contribution >= 4 is 0 Å². The van der Waals surface area contributed by atoms with Gasteiger partial charge in [-0.25, -0.2) is 0 Å². The Hall–Kier alpha value is -2.00. The number of halogens is 3. The highest BCUT2D eigenvalue weighted by Gasteiger charge is 2.30.